The van der Waals surface area contributed by atoms with Gasteiger partial charge in [0.05, 0.1) is 22.8 Å². The van der Waals surface area contributed by atoms with Gasteiger partial charge in [-0.3, -0.25) is 0 Å². The molecular formula is C76H40F4N4Pt. The second-order valence-corrected chi connectivity index (χ2v) is 21.8. The van der Waals surface area contributed by atoms with Crippen LogP contribution >= 0.6 is 0 Å². The second kappa shape index (κ2) is 19.4. The molecule has 402 valence electrons. The maximum absolute atomic E-state index is 16.3. The molecule has 17 rings (SSSR count). The predicted molar refractivity (Wildman–Crippen MR) is 334 cm³/mol. The Morgan fingerprint density at radius 2 is 0.447 bits per heavy atom. The van der Waals surface area contributed by atoms with E-state index in [0.717, 1.165) is 86.9 Å². The molecule has 3 aliphatic rings. The van der Waals surface area contributed by atoms with Crippen LogP contribution in [0.3, 0.4) is 0 Å². The molecule has 0 radical (unpaired) electrons. The summed E-state index contributed by atoms with van der Waals surface area (Å²) in [5.74, 6) is -1.84. The Bertz CT molecular complexity index is 4910. The molecule has 0 saturated carbocycles. The van der Waals surface area contributed by atoms with Crippen LogP contribution in [0.4, 0.5) is 17.6 Å². The van der Waals surface area contributed by atoms with Gasteiger partial charge in [-0.25, -0.2) is 27.5 Å². The molecule has 12 aromatic carbocycles. The summed E-state index contributed by atoms with van der Waals surface area (Å²) in [6.45, 7) is 0. The van der Waals surface area contributed by atoms with Gasteiger partial charge in [-0.1, -0.05) is 146 Å². The molecule has 9 heteroatoms. The van der Waals surface area contributed by atoms with Gasteiger partial charge in [-0.05, 0) is 206 Å². The smallest absolute Gasteiger partial charge is 0.656 e. The molecule has 4 nitrogen and oxygen atoms in total. The summed E-state index contributed by atoms with van der Waals surface area (Å²) in [4.78, 5) is 23.5. The van der Waals surface area contributed by atoms with E-state index in [4.69, 9.17) is 19.9 Å². The Hall–Kier alpha value is -10.3. The van der Waals surface area contributed by atoms with Crippen LogP contribution in [0.15, 0.2) is 243 Å². The van der Waals surface area contributed by atoms with Crippen LogP contribution in [0.25, 0.3) is 176 Å². The molecule has 0 unspecified atom stereocenters. The van der Waals surface area contributed by atoms with Crippen molar-refractivity contribution in [2.24, 2.45) is 0 Å². The third kappa shape index (κ3) is 8.00. The summed E-state index contributed by atoms with van der Waals surface area (Å²) >= 11 is 0. The minimum absolute atomic E-state index is 0. The topological polar surface area (TPSA) is 54.0 Å². The van der Waals surface area contributed by atoms with Gasteiger partial charge < -0.3 is 9.97 Å². The molecule has 4 heterocycles. The van der Waals surface area contributed by atoms with Crippen molar-refractivity contribution < 1.29 is 38.6 Å². The third-order valence-corrected chi connectivity index (χ3v) is 16.8. The van der Waals surface area contributed by atoms with Crippen LogP contribution in [0.5, 0.6) is 0 Å². The first kappa shape index (κ1) is 50.5. The zero-order chi connectivity index (χ0) is 55.9. The normalized spacial score (nSPS) is 11.9. The van der Waals surface area contributed by atoms with Crippen molar-refractivity contribution >= 4 is 86.7 Å². The van der Waals surface area contributed by atoms with Gasteiger partial charge in [0.25, 0.3) is 0 Å². The SMILES string of the molecule is Fc1cccc(-c2c3nc(c(-c4cccc(F)c4)c4[n-]c(c(-c5cccc(F)c5)c5nc(c(-c6cccc(F)c6)c6[n-]c2c2cc7ccccc7cc62)-c2cc6ccccc6cc2-5)c2cc5ccccc5cc42)-c2cc4ccccc4cc2-3)c1.[Pt+2]. The quantitative estimate of drug-likeness (QED) is 0.165. The van der Waals surface area contributed by atoms with Crippen molar-refractivity contribution in [2.75, 3.05) is 0 Å². The van der Waals surface area contributed by atoms with Crippen molar-refractivity contribution in [3.8, 4) is 89.5 Å². The molecule has 0 fully saturated rings. The minimum Gasteiger partial charge on any atom is -0.656 e. The summed E-state index contributed by atoms with van der Waals surface area (Å²) in [6.07, 6.45) is 0. The Morgan fingerprint density at radius 1 is 0.235 bits per heavy atom. The minimum atomic E-state index is -0.459. The average molecular weight is 1280 g/mol. The maximum atomic E-state index is 16.3. The number of hydrogen-bond acceptors (Lipinski definition) is 2. The zero-order valence-corrected chi connectivity index (χ0v) is 47.0. The fraction of sp³-hybridized carbons (Fsp3) is 0. The first-order chi connectivity index (χ1) is 41.2. The first-order valence-corrected chi connectivity index (χ1v) is 27.8. The maximum Gasteiger partial charge on any atom is 2.00 e. The molecule has 14 aromatic rings. The molecule has 0 spiro atoms. The van der Waals surface area contributed by atoms with Gasteiger partial charge in [0.1, 0.15) is 23.3 Å². The summed E-state index contributed by atoms with van der Waals surface area (Å²) < 4.78 is 65.3. The van der Waals surface area contributed by atoms with E-state index in [1.807, 2.05) is 72.8 Å². The van der Waals surface area contributed by atoms with E-state index in [0.29, 0.717) is 89.4 Å². The predicted octanol–water partition coefficient (Wildman–Crippen LogP) is 20.4. The van der Waals surface area contributed by atoms with Gasteiger partial charge in [0.15, 0.2) is 0 Å². The van der Waals surface area contributed by atoms with Crippen LogP contribution in [-0.4, -0.2) is 9.97 Å². The van der Waals surface area contributed by atoms with Gasteiger partial charge in [-0.15, -0.1) is 22.1 Å². The first-order valence-electron chi connectivity index (χ1n) is 27.8. The van der Waals surface area contributed by atoms with Crippen molar-refractivity contribution in [1.82, 2.24) is 19.9 Å². The summed E-state index contributed by atoms with van der Waals surface area (Å²) in [6, 6.07) is 75.4. The molecule has 0 amide bonds. The summed E-state index contributed by atoms with van der Waals surface area (Å²) in [5.41, 5.74) is 11.2. The molecular weight excluding hydrogens is 1240 g/mol. The Morgan fingerprint density at radius 3 is 0.659 bits per heavy atom. The Kier molecular flexibility index (Phi) is 11.5. The number of benzene rings is 12. The summed E-state index contributed by atoms with van der Waals surface area (Å²) in [5, 5.41) is 10.5. The molecule has 0 saturated heterocycles. The Balaban J connectivity index is 0.00000588. The average Bonchev–Trinajstić information content (AvgIpc) is 2.07. The van der Waals surface area contributed by atoms with E-state index in [9.17, 15) is 0 Å². The van der Waals surface area contributed by atoms with Crippen molar-refractivity contribution in [3.05, 3.63) is 266 Å². The molecule has 85 heavy (non-hydrogen) atoms. The summed E-state index contributed by atoms with van der Waals surface area (Å²) in [7, 11) is 0. The van der Waals surface area contributed by atoms with Crippen LogP contribution in [0, 0.1) is 23.3 Å². The number of rotatable bonds is 4. The molecule has 0 atom stereocenters. The molecule has 0 N–H and O–H groups in total. The van der Waals surface area contributed by atoms with E-state index in [1.165, 1.54) is 48.5 Å². The van der Waals surface area contributed by atoms with Gasteiger partial charge in [-0.2, -0.15) is 0 Å². The fourth-order valence-corrected chi connectivity index (χ4v) is 13.1. The van der Waals surface area contributed by atoms with E-state index in [-0.39, 0.29) is 21.1 Å². The number of aromatic nitrogens is 4. The van der Waals surface area contributed by atoms with Crippen molar-refractivity contribution in [1.29, 1.82) is 0 Å². The number of nitrogens with zero attached hydrogens (tertiary/aromatic N) is 4. The number of fused-ring (bicyclic) bond motifs is 4. The van der Waals surface area contributed by atoms with Gasteiger partial charge in [0.2, 0.25) is 0 Å². The van der Waals surface area contributed by atoms with E-state index in [2.05, 4.69) is 97.1 Å². The van der Waals surface area contributed by atoms with Crippen LogP contribution in [0.1, 0.15) is 0 Å². The number of hydrogen-bond donors (Lipinski definition) is 0. The van der Waals surface area contributed by atoms with Crippen LogP contribution < -0.4 is 9.97 Å². The van der Waals surface area contributed by atoms with Gasteiger partial charge in [0, 0.05) is 22.3 Å². The molecule has 8 bridgehead atoms. The van der Waals surface area contributed by atoms with Gasteiger partial charge >= 0.3 is 21.1 Å². The third-order valence-electron chi connectivity index (χ3n) is 16.8. The van der Waals surface area contributed by atoms with Crippen LogP contribution in [0.2, 0.25) is 0 Å². The molecule has 1 aliphatic carbocycles. The van der Waals surface area contributed by atoms with E-state index < -0.39 is 23.3 Å². The van der Waals surface area contributed by atoms with Crippen molar-refractivity contribution in [2.45, 2.75) is 0 Å². The second-order valence-electron chi connectivity index (χ2n) is 21.8. The standard InChI is InChI=1S/C76H40F4N4.Pt/c77-53-25-9-21-49(29-53)65-69-57-33-41-13-1-2-14-42(41)34-58(57)70(81-69)66(50-22-10-26-54(78)30-50)72-61-37-45-17-5-6-18-46(45)38-62(61)74(83-72)68(52-24-12-28-56(80)32-52)76-64-40-48-20-8-7-19-47(48)39-63(64)75(84-76)67(51-23-11-27-55(79)31-51)73-60-36-44-16-4-3-15-43(44)35-59(60)71(65)82-73;/h1-40H;/q-2;+2. The van der Waals surface area contributed by atoms with E-state index >= 15 is 17.6 Å². The number of halogens is 4. The molecule has 2 aliphatic heterocycles. The van der Waals surface area contributed by atoms with Crippen molar-refractivity contribution in [3.63, 3.8) is 0 Å². The molecule has 2 aromatic heterocycles. The zero-order valence-electron chi connectivity index (χ0n) is 44.7. The largest absolute Gasteiger partial charge is 2.00 e. The fourth-order valence-electron chi connectivity index (χ4n) is 13.1. The monoisotopic (exact) mass is 1280 g/mol. The Labute approximate surface area is 497 Å². The van der Waals surface area contributed by atoms with Crippen LogP contribution in [-0.2, 0) is 21.1 Å². The van der Waals surface area contributed by atoms with E-state index in [1.54, 1.807) is 24.3 Å².